The Morgan fingerprint density at radius 3 is 2.08 bits per heavy atom. The van der Waals surface area contributed by atoms with Crippen LogP contribution in [0, 0.1) is 5.92 Å². The van der Waals surface area contributed by atoms with Crippen LogP contribution in [0.25, 0.3) is 0 Å². The summed E-state index contributed by atoms with van der Waals surface area (Å²) in [7, 11) is 0. The SMILES string of the molecule is CC(=O)N[C@@H](Cc1ccccc1)C(=O)N[C@H]1CCCNC(=O)[C@H](CCCN=C(N)N)NC(=O)[C@H](Cc2ccccc2)NC(=O)[C@@H](CC2CCCCC2)NC(=O)[C@@H]2CCCN2C1=O. The molecule has 1 aliphatic carbocycles. The second-order valence-corrected chi connectivity index (χ2v) is 16.7. The van der Waals surface area contributed by atoms with Gasteiger partial charge in [0.15, 0.2) is 5.96 Å². The van der Waals surface area contributed by atoms with Crippen molar-refractivity contribution in [3.8, 4) is 0 Å². The highest BCUT2D eigenvalue weighted by Gasteiger charge is 2.40. The van der Waals surface area contributed by atoms with E-state index < -0.39 is 77.6 Å². The molecule has 0 unspecified atom stereocenters. The third kappa shape index (κ3) is 14.6. The van der Waals surface area contributed by atoms with Crippen molar-refractivity contribution in [1.82, 2.24) is 36.8 Å². The maximum absolute atomic E-state index is 14.5. The summed E-state index contributed by atoms with van der Waals surface area (Å²) in [5, 5.41) is 17.2. The fourth-order valence-electron chi connectivity index (χ4n) is 8.61. The number of carbonyl (C=O) groups is 7. The Morgan fingerprint density at radius 2 is 1.40 bits per heavy atom. The molecule has 0 spiro atoms. The highest BCUT2D eigenvalue weighted by Crippen LogP contribution is 2.28. The fraction of sp³-hybridized carbons (Fsp3) is 0.556. The van der Waals surface area contributed by atoms with Crippen LogP contribution in [0.15, 0.2) is 65.7 Å². The van der Waals surface area contributed by atoms with Crippen molar-refractivity contribution in [1.29, 1.82) is 0 Å². The molecule has 17 nitrogen and oxygen atoms in total. The van der Waals surface area contributed by atoms with Crippen molar-refractivity contribution < 1.29 is 33.6 Å². The summed E-state index contributed by atoms with van der Waals surface area (Å²) in [6.45, 7) is 1.85. The van der Waals surface area contributed by atoms with Gasteiger partial charge in [0.1, 0.15) is 36.3 Å². The zero-order valence-corrected chi connectivity index (χ0v) is 35.7. The molecule has 0 bridgehead atoms. The highest BCUT2D eigenvalue weighted by molar-refractivity contribution is 5.97. The summed E-state index contributed by atoms with van der Waals surface area (Å²) in [4.78, 5) is 103. The van der Waals surface area contributed by atoms with Crippen LogP contribution >= 0.6 is 0 Å². The first-order chi connectivity index (χ1) is 29.9. The second kappa shape index (κ2) is 23.9. The molecule has 62 heavy (non-hydrogen) atoms. The predicted molar refractivity (Wildman–Crippen MR) is 234 cm³/mol. The fourth-order valence-corrected chi connectivity index (χ4v) is 8.61. The van der Waals surface area contributed by atoms with Gasteiger partial charge in [0.2, 0.25) is 41.4 Å². The highest BCUT2D eigenvalue weighted by atomic mass is 16.2. The molecule has 2 saturated heterocycles. The van der Waals surface area contributed by atoms with Gasteiger partial charge in [-0.15, -0.1) is 0 Å². The molecule has 2 aromatic rings. The van der Waals surface area contributed by atoms with E-state index in [4.69, 9.17) is 11.5 Å². The van der Waals surface area contributed by atoms with Crippen LogP contribution in [0.5, 0.6) is 0 Å². The summed E-state index contributed by atoms with van der Waals surface area (Å²) in [5.41, 5.74) is 12.6. The van der Waals surface area contributed by atoms with Crippen LogP contribution in [0.2, 0.25) is 0 Å². The maximum Gasteiger partial charge on any atom is 0.245 e. The Hall–Kier alpha value is -6.00. The van der Waals surface area contributed by atoms with Crippen molar-refractivity contribution in [3.05, 3.63) is 71.8 Å². The number of guanidine groups is 1. The Morgan fingerprint density at radius 1 is 0.758 bits per heavy atom. The zero-order valence-electron chi connectivity index (χ0n) is 35.7. The van der Waals surface area contributed by atoms with E-state index in [0.717, 1.165) is 43.2 Å². The summed E-state index contributed by atoms with van der Waals surface area (Å²) in [6.07, 6.45) is 7.23. The summed E-state index contributed by atoms with van der Waals surface area (Å²) < 4.78 is 0. The first-order valence-corrected chi connectivity index (χ1v) is 22.1. The number of nitrogens with zero attached hydrogens (tertiary/aromatic N) is 2. The third-order valence-electron chi connectivity index (χ3n) is 11.8. The van der Waals surface area contributed by atoms with E-state index in [2.05, 4.69) is 36.9 Å². The monoisotopic (exact) mass is 856 g/mol. The van der Waals surface area contributed by atoms with Gasteiger partial charge in [-0.2, -0.15) is 0 Å². The molecule has 336 valence electrons. The lowest BCUT2D eigenvalue weighted by Crippen LogP contribution is -2.60. The summed E-state index contributed by atoms with van der Waals surface area (Å²) >= 11 is 0. The zero-order chi connectivity index (χ0) is 44.4. The molecular formula is C45H64N10O7. The minimum Gasteiger partial charge on any atom is -0.370 e. The van der Waals surface area contributed by atoms with E-state index in [1.807, 2.05) is 60.7 Å². The van der Waals surface area contributed by atoms with Crippen molar-refractivity contribution in [2.24, 2.45) is 22.4 Å². The molecular weight excluding hydrogens is 793 g/mol. The molecule has 0 radical (unpaired) electrons. The molecule has 17 heteroatoms. The van der Waals surface area contributed by atoms with E-state index >= 15 is 0 Å². The molecule has 10 N–H and O–H groups in total. The van der Waals surface area contributed by atoms with E-state index in [9.17, 15) is 33.6 Å². The van der Waals surface area contributed by atoms with Gasteiger partial charge in [-0.05, 0) is 62.0 Å². The number of fused-ring (bicyclic) bond motifs is 1. The van der Waals surface area contributed by atoms with Crippen LogP contribution in [-0.2, 0) is 46.4 Å². The van der Waals surface area contributed by atoms with Gasteiger partial charge in [0, 0.05) is 39.4 Å². The first kappa shape index (κ1) is 47.1. The molecule has 3 aliphatic rings. The average molecular weight is 857 g/mol. The lowest BCUT2D eigenvalue weighted by Gasteiger charge is -2.32. The second-order valence-electron chi connectivity index (χ2n) is 16.7. The van der Waals surface area contributed by atoms with Gasteiger partial charge in [-0.1, -0.05) is 92.8 Å². The van der Waals surface area contributed by atoms with Gasteiger partial charge in [0.25, 0.3) is 0 Å². The molecule has 2 aliphatic heterocycles. The lowest BCUT2D eigenvalue weighted by molar-refractivity contribution is -0.142. The number of nitrogens with two attached hydrogens (primary N) is 2. The van der Waals surface area contributed by atoms with Crippen molar-refractivity contribution in [3.63, 3.8) is 0 Å². The number of rotatable bonds is 13. The molecule has 2 heterocycles. The van der Waals surface area contributed by atoms with Crippen LogP contribution in [-0.4, -0.2) is 108 Å². The number of hydrogen-bond acceptors (Lipinski definition) is 8. The average Bonchev–Trinajstić information content (AvgIpc) is 3.76. The van der Waals surface area contributed by atoms with Crippen molar-refractivity contribution >= 4 is 47.3 Å². The van der Waals surface area contributed by atoms with E-state index in [1.165, 1.54) is 11.8 Å². The third-order valence-corrected chi connectivity index (χ3v) is 11.8. The first-order valence-electron chi connectivity index (χ1n) is 22.1. The molecule has 3 fully saturated rings. The van der Waals surface area contributed by atoms with Gasteiger partial charge < -0.3 is 48.3 Å². The van der Waals surface area contributed by atoms with Crippen LogP contribution in [0.4, 0.5) is 0 Å². The van der Waals surface area contributed by atoms with Crippen LogP contribution < -0.4 is 43.4 Å². The summed E-state index contributed by atoms with van der Waals surface area (Å²) in [6, 6.07) is 12.2. The predicted octanol–water partition coefficient (Wildman–Crippen LogP) is 0.841. The minimum atomic E-state index is -1.12. The van der Waals surface area contributed by atoms with Gasteiger partial charge in [-0.3, -0.25) is 38.6 Å². The van der Waals surface area contributed by atoms with Gasteiger partial charge in [-0.25, -0.2) is 0 Å². The molecule has 5 rings (SSSR count). The topological polar surface area (TPSA) is 259 Å². The van der Waals surface area contributed by atoms with Crippen molar-refractivity contribution in [2.45, 2.75) is 133 Å². The number of hydrogen-bond donors (Lipinski definition) is 8. The molecule has 6 atom stereocenters. The minimum absolute atomic E-state index is 0.0782. The number of nitrogens with one attached hydrogen (secondary N) is 6. The number of benzene rings is 2. The lowest BCUT2D eigenvalue weighted by atomic mass is 9.84. The van der Waals surface area contributed by atoms with Crippen molar-refractivity contribution in [2.75, 3.05) is 19.6 Å². The van der Waals surface area contributed by atoms with E-state index in [-0.39, 0.29) is 63.6 Å². The normalized spacial score (nSPS) is 23.9. The van der Waals surface area contributed by atoms with Crippen LogP contribution in [0.1, 0.15) is 95.1 Å². The van der Waals surface area contributed by atoms with Crippen LogP contribution in [0.3, 0.4) is 0 Å². The number of carbonyl (C=O) groups excluding carboxylic acids is 7. The van der Waals surface area contributed by atoms with E-state index in [0.29, 0.717) is 25.7 Å². The van der Waals surface area contributed by atoms with Gasteiger partial charge in [0.05, 0.1) is 0 Å². The summed E-state index contributed by atoms with van der Waals surface area (Å²) in [5.74, 6) is -3.53. The Kier molecular flexibility index (Phi) is 18.1. The molecule has 2 aromatic carbocycles. The molecule has 1 saturated carbocycles. The molecule has 7 amide bonds. The Labute approximate surface area is 363 Å². The Balaban J connectivity index is 1.46. The maximum atomic E-state index is 14.5. The quantitative estimate of drug-likeness (QED) is 0.0806. The Bertz CT molecular complexity index is 1870. The van der Waals surface area contributed by atoms with E-state index in [1.54, 1.807) is 0 Å². The molecule has 0 aromatic heterocycles. The largest absolute Gasteiger partial charge is 0.370 e. The van der Waals surface area contributed by atoms with Gasteiger partial charge >= 0.3 is 0 Å². The number of aliphatic imine (C=N–C) groups is 1. The standard InChI is InChI=1S/C45H64N10O7/c1-29(56)50-35(26-30-14-5-2-6-15-30)40(58)52-34-21-12-23-48-39(57)33(20-11-24-49-45(46)47)51-41(59)36(27-31-16-7-3-8-17-31)53-42(60)37(28-32-18-9-4-10-19-32)54-43(61)38-22-13-25-55(38)44(34)62/h2-3,5-8,14-17,32-38H,4,9-13,18-28H2,1H3,(H,48,57)(H,50,56)(H,51,59)(H,52,58)(H,53,60)(H,54,61)(H4,46,47,49)/t33-,34-,35-,36-,37+,38-/m0/s1. The smallest absolute Gasteiger partial charge is 0.245 e. The number of amides is 7.